The molecule has 1 heterocycles. The Kier molecular flexibility index (Phi) is 3.84. The maximum Gasteiger partial charge on any atom is 0.124 e. The molecule has 1 aromatic rings. The molecule has 3 N–H and O–H groups in total. The third-order valence-electron chi connectivity index (χ3n) is 3.02. The van der Waals surface area contributed by atoms with Crippen molar-refractivity contribution in [3.05, 3.63) is 30.1 Å². The number of benzene rings is 1. The minimum Gasteiger partial charge on any atom is -0.329 e. The van der Waals surface area contributed by atoms with Gasteiger partial charge in [0.05, 0.1) is 0 Å². The van der Waals surface area contributed by atoms with Crippen LogP contribution in [0, 0.1) is 5.82 Å². The lowest BCUT2D eigenvalue weighted by atomic mass is 9.97. The van der Waals surface area contributed by atoms with Gasteiger partial charge in [0, 0.05) is 16.2 Å². The van der Waals surface area contributed by atoms with Gasteiger partial charge in [-0.15, -0.1) is 11.8 Å². The number of piperidine rings is 1. The second-order valence-electron chi connectivity index (χ2n) is 4.20. The average molecular weight is 240 g/mol. The summed E-state index contributed by atoms with van der Waals surface area (Å²) in [4.78, 5) is 0.979. The quantitative estimate of drug-likeness (QED) is 0.848. The van der Waals surface area contributed by atoms with Crippen molar-refractivity contribution in [3.63, 3.8) is 0 Å². The highest BCUT2D eigenvalue weighted by Gasteiger charge is 2.31. The standard InChI is InChI=1S/C12H17FN2S/c13-10-2-1-3-11(8-10)16-12(9-14)4-6-15-7-5-12/h1-3,8,15H,4-7,9,14H2. The zero-order valence-corrected chi connectivity index (χ0v) is 10.0. The fraction of sp³-hybridized carbons (Fsp3) is 0.500. The summed E-state index contributed by atoms with van der Waals surface area (Å²) < 4.78 is 13.2. The van der Waals surface area contributed by atoms with Crippen LogP contribution in [0.1, 0.15) is 12.8 Å². The van der Waals surface area contributed by atoms with Gasteiger partial charge < -0.3 is 11.1 Å². The molecule has 0 radical (unpaired) electrons. The highest BCUT2D eigenvalue weighted by Crippen LogP contribution is 2.38. The van der Waals surface area contributed by atoms with E-state index in [1.54, 1.807) is 23.9 Å². The lowest BCUT2D eigenvalue weighted by molar-refractivity contribution is 0.420. The van der Waals surface area contributed by atoms with Gasteiger partial charge >= 0.3 is 0 Å². The smallest absolute Gasteiger partial charge is 0.124 e. The summed E-state index contributed by atoms with van der Waals surface area (Å²) >= 11 is 1.72. The summed E-state index contributed by atoms with van der Waals surface area (Å²) in [6.45, 7) is 2.65. The van der Waals surface area contributed by atoms with Crippen LogP contribution in [-0.4, -0.2) is 24.4 Å². The molecule has 1 aromatic carbocycles. The average Bonchev–Trinajstić information content (AvgIpc) is 2.30. The molecule has 0 spiro atoms. The molecule has 88 valence electrons. The molecular formula is C12H17FN2S. The van der Waals surface area contributed by atoms with Crippen LogP contribution in [0.15, 0.2) is 29.2 Å². The van der Waals surface area contributed by atoms with Crippen LogP contribution in [0.4, 0.5) is 4.39 Å². The van der Waals surface area contributed by atoms with Crippen molar-refractivity contribution in [1.29, 1.82) is 0 Å². The van der Waals surface area contributed by atoms with E-state index in [1.807, 2.05) is 6.07 Å². The van der Waals surface area contributed by atoms with Gasteiger partial charge in [-0.3, -0.25) is 0 Å². The van der Waals surface area contributed by atoms with E-state index in [9.17, 15) is 4.39 Å². The summed E-state index contributed by atoms with van der Waals surface area (Å²) in [6, 6.07) is 6.77. The molecule has 0 atom stereocenters. The summed E-state index contributed by atoms with van der Waals surface area (Å²) in [5.41, 5.74) is 5.88. The van der Waals surface area contributed by atoms with E-state index in [0.717, 1.165) is 30.8 Å². The summed E-state index contributed by atoms with van der Waals surface area (Å²) in [7, 11) is 0. The molecule has 0 unspecified atom stereocenters. The van der Waals surface area contributed by atoms with Gasteiger partial charge in [0.2, 0.25) is 0 Å². The van der Waals surface area contributed by atoms with Gasteiger partial charge in [0.25, 0.3) is 0 Å². The lowest BCUT2D eigenvalue weighted by Crippen LogP contribution is -2.44. The van der Waals surface area contributed by atoms with Crippen molar-refractivity contribution in [2.45, 2.75) is 22.5 Å². The van der Waals surface area contributed by atoms with Crippen molar-refractivity contribution in [2.24, 2.45) is 5.73 Å². The first-order valence-electron chi connectivity index (χ1n) is 5.59. The Balaban J connectivity index is 2.11. The van der Waals surface area contributed by atoms with E-state index in [2.05, 4.69) is 5.32 Å². The fourth-order valence-electron chi connectivity index (χ4n) is 2.01. The highest BCUT2D eigenvalue weighted by atomic mass is 32.2. The molecule has 2 nitrogen and oxygen atoms in total. The molecule has 1 aliphatic rings. The summed E-state index contributed by atoms with van der Waals surface area (Å²) in [5.74, 6) is -0.175. The molecule has 0 saturated carbocycles. The van der Waals surface area contributed by atoms with Crippen molar-refractivity contribution in [2.75, 3.05) is 19.6 Å². The van der Waals surface area contributed by atoms with Crippen LogP contribution in [0.25, 0.3) is 0 Å². The zero-order chi connectivity index (χ0) is 11.4. The highest BCUT2D eigenvalue weighted by molar-refractivity contribution is 8.00. The lowest BCUT2D eigenvalue weighted by Gasteiger charge is -2.36. The Morgan fingerprint density at radius 1 is 1.38 bits per heavy atom. The van der Waals surface area contributed by atoms with E-state index in [-0.39, 0.29) is 10.6 Å². The Labute approximate surface area is 99.8 Å². The topological polar surface area (TPSA) is 38.0 Å². The van der Waals surface area contributed by atoms with Crippen LogP contribution in [0.5, 0.6) is 0 Å². The minimum absolute atomic E-state index is 0.0824. The molecule has 2 rings (SSSR count). The fourth-order valence-corrected chi connectivity index (χ4v) is 3.32. The molecule has 0 aromatic heterocycles. The van der Waals surface area contributed by atoms with Gasteiger partial charge in [-0.25, -0.2) is 4.39 Å². The SMILES string of the molecule is NCC1(Sc2cccc(F)c2)CCNCC1. The van der Waals surface area contributed by atoms with E-state index in [4.69, 9.17) is 5.73 Å². The maximum atomic E-state index is 13.1. The zero-order valence-electron chi connectivity index (χ0n) is 9.21. The van der Waals surface area contributed by atoms with Crippen molar-refractivity contribution in [1.82, 2.24) is 5.32 Å². The van der Waals surface area contributed by atoms with Crippen LogP contribution in [-0.2, 0) is 0 Å². The Morgan fingerprint density at radius 2 is 2.12 bits per heavy atom. The van der Waals surface area contributed by atoms with Crippen LogP contribution >= 0.6 is 11.8 Å². The van der Waals surface area contributed by atoms with Crippen LogP contribution < -0.4 is 11.1 Å². The van der Waals surface area contributed by atoms with E-state index in [1.165, 1.54) is 6.07 Å². The van der Waals surface area contributed by atoms with E-state index >= 15 is 0 Å². The molecule has 1 saturated heterocycles. The van der Waals surface area contributed by atoms with Gasteiger partial charge in [-0.05, 0) is 44.1 Å². The Morgan fingerprint density at radius 3 is 2.75 bits per heavy atom. The third kappa shape index (κ3) is 2.75. The van der Waals surface area contributed by atoms with Crippen LogP contribution in [0.2, 0.25) is 0 Å². The van der Waals surface area contributed by atoms with E-state index < -0.39 is 0 Å². The molecule has 1 fully saturated rings. The minimum atomic E-state index is -0.175. The van der Waals surface area contributed by atoms with Gasteiger partial charge in [0.1, 0.15) is 5.82 Å². The number of hydrogen-bond acceptors (Lipinski definition) is 3. The molecule has 0 amide bonds. The predicted molar refractivity (Wildman–Crippen MR) is 66.1 cm³/mol. The van der Waals surface area contributed by atoms with Gasteiger partial charge in [-0.2, -0.15) is 0 Å². The first-order chi connectivity index (χ1) is 7.74. The summed E-state index contributed by atoms with van der Waals surface area (Å²) in [6.07, 6.45) is 2.09. The maximum absolute atomic E-state index is 13.1. The first kappa shape index (κ1) is 11.9. The number of hydrogen-bond donors (Lipinski definition) is 2. The number of thioether (sulfide) groups is 1. The molecule has 0 bridgehead atoms. The predicted octanol–water partition coefficient (Wildman–Crippen LogP) is 2.00. The van der Waals surface area contributed by atoms with Gasteiger partial charge in [-0.1, -0.05) is 6.07 Å². The molecule has 16 heavy (non-hydrogen) atoms. The number of rotatable bonds is 3. The summed E-state index contributed by atoms with van der Waals surface area (Å²) in [5, 5.41) is 3.33. The molecule has 1 aliphatic heterocycles. The van der Waals surface area contributed by atoms with Crippen molar-refractivity contribution < 1.29 is 4.39 Å². The number of nitrogens with two attached hydrogens (primary N) is 1. The number of halogens is 1. The monoisotopic (exact) mass is 240 g/mol. The second-order valence-corrected chi connectivity index (χ2v) is 5.74. The molecule has 4 heteroatoms. The normalized spacial score (nSPS) is 19.6. The Bertz CT molecular complexity index is 351. The van der Waals surface area contributed by atoms with Crippen LogP contribution in [0.3, 0.4) is 0 Å². The largest absolute Gasteiger partial charge is 0.329 e. The third-order valence-corrected chi connectivity index (χ3v) is 4.51. The van der Waals surface area contributed by atoms with Crippen molar-refractivity contribution >= 4 is 11.8 Å². The first-order valence-corrected chi connectivity index (χ1v) is 6.41. The van der Waals surface area contributed by atoms with Gasteiger partial charge in [0.15, 0.2) is 0 Å². The molecule has 0 aliphatic carbocycles. The Hall–Kier alpha value is -0.580. The van der Waals surface area contributed by atoms with E-state index in [0.29, 0.717) is 6.54 Å². The van der Waals surface area contributed by atoms with Crippen molar-refractivity contribution in [3.8, 4) is 0 Å². The molecular weight excluding hydrogens is 223 g/mol. The number of nitrogens with one attached hydrogen (secondary N) is 1. The second kappa shape index (κ2) is 5.17.